The lowest BCUT2D eigenvalue weighted by molar-refractivity contribution is 0.245. The maximum atomic E-state index is 13.9. The van der Waals surface area contributed by atoms with Gasteiger partial charge in [0.05, 0.1) is 0 Å². The number of phenolic OH excluding ortho intramolecular Hbond substituents is 1. The Kier molecular flexibility index (Phi) is 5.03. The molecule has 7 nitrogen and oxygen atoms in total. The van der Waals surface area contributed by atoms with Gasteiger partial charge in [-0.05, 0) is 18.2 Å². The summed E-state index contributed by atoms with van der Waals surface area (Å²) >= 11 is 0. The fourth-order valence-corrected chi connectivity index (χ4v) is 3.27. The Morgan fingerprint density at radius 3 is 2.50 bits per heavy atom. The van der Waals surface area contributed by atoms with Crippen molar-refractivity contribution in [2.45, 2.75) is 6.54 Å². The normalized spacial score (nSPS) is 15.0. The first kappa shape index (κ1) is 18.1. The van der Waals surface area contributed by atoms with Crippen molar-refractivity contribution in [3.8, 4) is 17.1 Å². The van der Waals surface area contributed by atoms with Crippen molar-refractivity contribution < 1.29 is 9.50 Å². The lowest BCUT2D eigenvalue weighted by Gasteiger charge is -2.34. The van der Waals surface area contributed by atoms with Crippen LogP contribution in [0.1, 0.15) is 5.56 Å². The molecule has 0 aliphatic carbocycles. The van der Waals surface area contributed by atoms with Gasteiger partial charge in [-0.3, -0.25) is 4.90 Å². The van der Waals surface area contributed by atoms with Gasteiger partial charge in [0.1, 0.15) is 11.6 Å². The number of nitrogen functional groups attached to an aromatic ring is 1. The van der Waals surface area contributed by atoms with Crippen LogP contribution in [0.3, 0.4) is 0 Å². The predicted molar refractivity (Wildman–Crippen MR) is 105 cm³/mol. The van der Waals surface area contributed by atoms with Crippen molar-refractivity contribution in [1.82, 2.24) is 19.9 Å². The van der Waals surface area contributed by atoms with Crippen LogP contribution in [0.5, 0.6) is 5.75 Å². The third kappa shape index (κ3) is 4.01. The fourth-order valence-electron chi connectivity index (χ4n) is 3.27. The van der Waals surface area contributed by atoms with Crippen molar-refractivity contribution in [1.29, 1.82) is 0 Å². The summed E-state index contributed by atoms with van der Waals surface area (Å²) in [7, 11) is 0. The number of nitrogens with zero attached hydrogens (tertiary/aromatic N) is 5. The SMILES string of the molecule is Nc1nc(-c2cccc(O)c2)nc(N2CCN(Cc3ccccc3F)CC2)n1. The lowest BCUT2D eigenvalue weighted by Crippen LogP contribution is -2.46. The average molecular weight is 380 g/mol. The Balaban J connectivity index is 1.47. The molecule has 3 aromatic rings. The van der Waals surface area contributed by atoms with Crippen LogP contribution >= 0.6 is 0 Å². The molecule has 0 bridgehead atoms. The molecule has 1 aromatic heterocycles. The van der Waals surface area contributed by atoms with E-state index in [1.165, 1.54) is 6.07 Å². The van der Waals surface area contributed by atoms with Crippen LogP contribution in [0.2, 0.25) is 0 Å². The summed E-state index contributed by atoms with van der Waals surface area (Å²) in [5.74, 6) is 1.03. The molecular formula is C20H21FN6O. The molecule has 0 radical (unpaired) electrons. The van der Waals surface area contributed by atoms with Crippen LogP contribution in [0.4, 0.5) is 16.3 Å². The number of hydrogen-bond acceptors (Lipinski definition) is 7. The zero-order valence-electron chi connectivity index (χ0n) is 15.3. The maximum Gasteiger partial charge on any atom is 0.230 e. The van der Waals surface area contributed by atoms with Crippen LogP contribution < -0.4 is 10.6 Å². The summed E-state index contributed by atoms with van der Waals surface area (Å²) < 4.78 is 13.9. The molecular weight excluding hydrogens is 359 g/mol. The molecule has 1 fully saturated rings. The van der Waals surface area contributed by atoms with Gasteiger partial charge >= 0.3 is 0 Å². The zero-order chi connectivity index (χ0) is 19.5. The van der Waals surface area contributed by atoms with Gasteiger partial charge in [-0.25, -0.2) is 4.39 Å². The van der Waals surface area contributed by atoms with Crippen LogP contribution in [0, 0.1) is 5.82 Å². The number of aromatic nitrogens is 3. The molecule has 1 aliphatic rings. The second-order valence-electron chi connectivity index (χ2n) is 6.72. The Labute approximate surface area is 162 Å². The molecule has 8 heteroatoms. The van der Waals surface area contributed by atoms with E-state index in [2.05, 4.69) is 19.9 Å². The van der Waals surface area contributed by atoms with Crippen molar-refractivity contribution >= 4 is 11.9 Å². The molecule has 4 rings (SSSR count). The number of aromatic hydroxyl groups is 1. The molecule has 0 spiro atoms. The number of hydrogen-bond donors (Lipinski definition) is 2. The number of piperazine rings is 1. The largest absolute Gasteiger partial charge is 0.508 e. The molecule has 0 amide bonds. The first-order valence-corrected chi connectivity index (χ1v) is 9.10. The minimum absolute atomic E-state index is 0.136. The third-order valence-corrected chi connectivity index (χ3v) is 4.75. The van der Waals surface area contributed by atoms with E-state index in [-0.39, 0.29) is 17.5 Å². The highest BCUT2D eigenvalue weighted by Gasteiger charge is 2.21. The van der Waals surface area contributed by atoms with Crippen molar-refractivity contribution in [2.24, 2.45) is 0 Å². The monoisotopic (exact) mass is 380 g/mol. The highest BCUT2D eigenvalue weighted by Crippen LogP contribution is 2.23. The highest BCUT2D eigenvalue weighted by atomic mass is 19.1. The van der Waals surface area contributed by atoms with E-state index in [0.29, 0.717) is 42.5 Å². The molecule has 2 aromatic carbocycles. The van der Waals surface area contributed by atoms with Crippen molar-refractivity contribution in [3.05, 3.63) is 59.9 Å². The van der Waals surface area contributed by atoms with Gasteiger partial charge in [0.25, 0.3) is 0 Å². The Hall–Kier alpha value is -3.26. The van der Waals surface area contributed by atoms with E-state index in [4.69, 9.17) is 5.73 Å². The van der Waals surface area contributed by atoms with E-state index < -0.39 is 0 Å². The molecule has 0 saturated carbocycles. The average Bonchev–Trinajstić information content (AvgIpc) is 2.70. The lowest BCUT2D eigenvalue weighted by atomic mass is 10.2. The Bertz CT molecular complexity index is 974. The van der Waals surface area contributed by atoms with E-state index in [9.17, 15) is 9.50 Å². The van der Waals surface area contributed by atoms with Gasteiger partial charge in [-0.2, -0.15) is 15.0 Å². The summed E-state index contributed by atoms with van der Waals surface area (Å²) in [4.78, 5) is 17.2. The minimum atomic E-state index is -0.175. The van der Waals surface area contributed by atoms with Crippen LogP contribution in [0.15, 0.2) is 48.5 Å². The summed E-state index contributed by atoms with van der Waals surface area (Å²) in [5, 5.41) is 9.69. The standard InChI is InChI=1S/C20H21FN6O/c21-17-7-2-1-4-15(17)13-26-8-10-27(11-9-26)20-24-18(23-19(22)25-20)14-5-3-6-16(28)12-14/h1-7,12,28H,8-11,13H2,(H2,22,23,24,25). The quantitative estimate of drug-likeness (QED) is 0.717. The van der Waals surface area contributed by atoms with E-state index >= 15 is 0 Å². The second kappa shape index (κ2) is 7.77. The molecule has 28 heavy (non-hydrogen) atoms. The van der Waals surface area contributed by atoms with Crippen LogP contribution in [0.25, 0.3) is 11.4 Å². The Morgan fingerprint density at radius 1 is 0.964 bits per heavy atom. The number of benzene rings is 2. The molecule has 3 N–H and O–H groups in total. The van der Waals surface area contributed by atoms with Gasteiger partial charge in [-0.1, -0.05) is 30.3 Å². The topological polar surface area (TPSA) is 91.4 Å². The van der Waals surface area contributed by atoms with E-state index in [1.807, 2.05) is 23.1 Å². The number of halogens is 1. The third-order valence-electron chi connectivity index (χ3n) is 4.75. The maximum absolute atomic E-state index is 13.9. The van der Waals surface area contributed by atoms with Crippen LogP contribution in [-0.4, -0.2) is 51.1 Å². The molecule has 2 heterocycles. The van der Waals surface area contributed by atoms with Gasteiger partial charge in [-0.15, -0.1) is 0 Å². The summed E-state index contributed by atoms with van der Waals surface area (Å²) in [6.07, 6.45) is 0. The minimum Gasteiger partial charge on any atom is -0.508 e. The number of anilines is 2. The van der Waals surface area contributed by atoms with Crippen LogP contribution in [-0.2, 0) is 6.54 Å². The number of phenols is 1. The molecule has 1 aliphatic heterocycles. The predicted octanol–water partition coefficient (Wildman–Crippen LogP) is 2.29. The number of rotatable bonds is 4. The first-order chi connectivity index (χ1) is 13.6. The smallest absolute Gasteiger partial charge is 0.230 e. The van der Waals surface area contributed by atoms with Crippen molar-refractivity contribution in [2.75, 3.05) is 36.8 Å². The second-order valence-corrected chi connectivity index (χ2v) is 6.72. The van der Waals surface area contributed by atoms with Gasteiger partial charge in [0, 0.05) is 43.9 Å². The summed E-state index contributed by atoms with van der Waals surface area (Å²) in [6, 6.07) is 13.6. The van der Waals surface area contributed by atoms with E-state index in [1.54, 1.807) is 24.3 Å². The van der Waals surface area contributed by atoms with Crippen molar-refractivity contribution in [3.63, 3.8) is 0 Å². The zero-order valence-corrected chi connectivity index (χ0v) is 15.3. The van der Waals surface area contributed by atoms with E-state index in [0.717, 1.165) is 13.1 Å². The molecule has 1 saturated heterocycles. The van der Waals surface area contributed by atoms with Gasteiger partial charge < -0.3 is 15.7 Å². The van der Waals surface area contributed by atoms with Gasteiger partial charge in [0.15, 0.2) is 5.82 Å². The fraction of sp³-hybridized carbons (Fsp3) is 0.250. The summed E-state index contributed by atoms with van der Waals surface area (Å²) in [5.41, 5.74) is 7.26. The molecule has 0 atom stereocenters. The molecule has 144 valence electrons. The highest BCUT2D eigenvalue weighted by molar-refractivity contribution is 5.59. The Morgan fingerprint density at radius 2 is 1.75 bits per heavy atom. The number of nitrogens with two attached hydrogens (primary N) is 1. The molecule has 0 unspecified atom stereocenters. The van der Waals surface area contributed by atoms with Gasteiger partial charge in [0.2, 0.25) is 11.9 Å². The first-order valence-electron chi connectivity index (χ1n) is 9.10. The summed E-state index contributed by atoms with van der Waals surface area (Å²) in [6.45, 7) is 3.52.